The van der Waals surface area contributed by atoms with Gasteiger partial charge in [0.05, 0.1) is 5.56 Å². The molecule has 1 aromatic carbocycles. The summed E-state index contributed by atoms with van der Waals surface area (Å²) in [7, 11) is 0. The zero-order valence-corrected chi connectivity index (χ0v) is 10.6. The van der Waals surface area contributed by atoms with Crippen LogP contribution in [0.25, 0.3) is 0 Å². The Morgan fingerprint density at radius 2 is 2.00 bits per heavy atom. The summed E-state index contributed by atoms with van der Waals surface area (Å²) in [6.45, 7) is 3.13. The molecule has 0 aromatic heterocycles. The molecular formula is C11H9BrF3NO2. The molecule has 0 atom stereocenters. The maximum atomic E-state index is 12.5. The fraction of sp³-hybridized carbons (Fsp3) is 0.182. The third-order valence-electron chi connectivity index (χ3n) is 2.03. The number of nitrogens with one attached hydrogen (secondary N) is 1. The van der Waals surface area contributed by atoms with E-state index in [1.165, 1.54) is 6.07 Å². The Kier molecular flexibility index (Phi) is 4.39. The first kappa shape index (κ1) is 14.6. The number of benzene rings is 1. The van der Waals surface area contributed by atoms with E-state index in [4.69, 9.17) is 5.11 Å². The number of anilines is 1. The fourth-order valence-electron chi connectivity index (χ4n) is 1.14. The molecule has 1 rings (SSSR count). The van der Waals surface area contributed by atoms with Crippen molar-refractivity contribution in [2.24, 2.45) is 0 Å². The molecule has 2 N–H and O–H groups in total. The molecular weight excluding hydrogens is 315 g/mol. The van der Waals surface area contributed by atoms with Gasteiger partial charge < -0.3 is 10.4 Å². The van der Waals surface area contributed by atoms with Gasteiger partial charge in [-0.15, -0.1) is 0 Å². The highest BCUT2D eigenvalue weighted by molar-refractivity contribution is 9.10. The Bertz CT molecular complexity index is 486. The second-order valence-corrected chi connectivity index (χ2v) is 4.40. The summed E-state index contributed by atoms with van der Waals surface area (Å²) in [6.07, 6.45) is -4.45. The predicted molar refractivity (Wildman–Crippen MR) is 64.4 cm³/mol. The SMILES string of the molecule is C=C(CNc1cc(Br)cc(C(F)(F)F)c1)C(=O)O. The van der Waals surface area contributed by atoms with Crippen LogP contribution in [-0.4, -0.2) is 17.6 Å². The van der Waals surface area contributed by atoms with Gasteiger partial charge in [-0.1, -0.05) is 22.5 Å². The molecule has 0 saturated carbocycles. The Labute approximate surface area is 109 Å². The van der Waals surface area contributed by atoms with Crippen molar-refractivity contribution in [3.63, 3.8) is 0 Å². The minimum atomic E-state index is -4.45. The van der Waals surface area contributed by atoms with Crippen LogP contribution in [0.15, 0.2) is 34.8 Å². The highest BCUT2D eigenvalue weighted by Crippen LogP contribution is 2.33. The summed E-state index contributed by atoms with van der Waals surface area (Å²) in [6, 6.07) is 3.27. The minimum Gasteiger partial charge on any atom is -0.478 e. The standard InChI is InChI=1S/C11H9BrF3NO2/c1-6(10(17)18)5-16-9-3-7(11(13,14)15)2-8(12)4-9/h2-4,16H,1,5H2,(H,17,18). The molecule has 0 unspecified atom stereocenters. The monoisotopic (exact) mass is 323 g/mol. The summed E-state index contributed by atoms with van der Waals surface area (Å²) < 4.78 is 37.8. The lowest BCUT2D eigenvalue weighted by Gasteiger charge is -2.11. The number of carbonyl (C=O) groups is 1. The molecule has 0 bridgehead atoms. The molecule has 0 fully saturated rings. The van der Waals surface area contributed by atoms with Crippen LogP contribution in [0.4, 0.5) is 18.9 Å². The van der Waals surface area contributed by atoms with Crippen LogP contribution >= 0.6 is 15.9 Å². The summed E-state index contributed by atoms with van der Waals surface area (Å²) in [5, 5.41) is 11.1. The number of carboxylic acids is 1. The maximum Gasteiger partial charge on any atom is 0.416 e. The Morgan fingerprint density at radius 3 is 2.50 bits per heavy atom. The van der Waals surface area contributed by atoms with Crippen molar-refractivity contribution in [2.45, 2.75) is 6.18 Å². The van der Waals surface area contributed by atoms with Gasteiger partial charge in [0, 0.05) is 22.3 Å². The van der Waals surface area contributed by atoms with E-state index in [9.17, 15) is 18.0 Å². The average molecular weight is 324 g/mol. The normalized spacial score (nSPS) is 11.1. The smallest absolute Gasteiger partial charge is 0.416 e. The Morgan fingerprint density at radius 1 is 1.39 bits per heavy atom. The van der Waals surface area contributed by atoms with Crippen LogP contribution in [0.5, 0.6) is 0 Å². The molecule has 98 valence electrons. The number of hydrogen-bond acceptors (Lipinski definition) is 2. The van der Waals surface area contributed by atoms with Crippen LogP contribution in [0.1, 0.15) is 5.56 Å². The summed E-state index contributed by atoms with van der Waals surface area (Å²) in [5.74, 6) is -1.20. The lowest BCUT2D eigenvalue weighted by molar-refractivity contribution is -0.137. The van der Waals surface area contributed by atoms with Crippen molar-refractivity contribution < 1.29 is 23.1 Å². The van der Waals surface area contributed by atoms with E-state index in [0.717, 1.165) is 12.1 Å². The van der Waals surface area contributed by atoms with Gasteiger partial charge in [0.15, 0.2) is 0 Å². The fourth-order valence-corrected chi connectivity index (χ4v) is 1.63. The Hall–Kier alpha value is -1.50. The van der Waals surface area contributed by atoms with Crippen LogP contribution in [0.3, 0.4) is 0 Å². The molecule has 0 aliphatic rings. The van der Waals surface area contributed by atoms with Crippen molar-refractivity contribution in [3.05, 3.63) is 40.4 Å². The lowest BCUT2D eigenvalue weighted by Crippen LogP contribution is -2.12. The summed E-state index contributed by atoms with van der Waals surface area (Å²) in [4.78, 5) is 10.5. The average Bonchev–Trinajstić information content (AvgIpc) is 2.23. The third kappa shape index (κ3) is 4.06. The molecule has 0 heterocycles. The van der Waals surface area contributed by atoms with Crippen LogP contribution in [0.2, 0.25) is 0 Å². The van der Waals surface area contributed by atoms with Gasteiger partial charge in [-0.3, -0.25) is 0 Å². The highest BCUT2D eigenvalue weighted by Gasteiger charge is 2.31. The molecule has 0 spiro atoms. The number of rotatable bonds is 4. The molecule has 1 aromatic rings. The van der Waals surface area contributed by atoms with Gasteiger partial charge in [0.25, 0.3) is 0 Å². The van der Waals surface area contributed by atoms with E-state index in [1.54, 1.807) is 0 Å². The minimum absolute atomic E-state index is 0.136. The van der Waals surface area contributed by atoms with E-state index < -0.39 is 17.7 Å². The van der Waals surface area contributed by atoms with E-state index in [1.807, 2.05) is 0 Å². The first-order valence-corrected chi connectivity index (χ1v) is 5.52. The zero-order chi connectivity index (χ0) is 13.9. The van der Waals surface area contributed by atoms with Crippen LogP contribution in [-0.2, 0) is 11.0 Å². The van der Waals surface area contributed by atoms with Gasteiger partial charge in [-0.2, -0.15) is 13.2 Å². The van der Waals surface area contributed by atoms with Crippen LogP contribution in [0, 0.1) is 0 Å². The van der Waals surface area contributed by atoms with Crippen molar-refractivity contribution in [1.29, 1.82) is 0 Å². The molecule has 0 aliphatic heterocycles. The van der Waals surface area contributed by atoms with Crippen molar-refractivity contribution in [1.82, 2.24) is 0 Å². The van der Waals surface area contributed by atoms with Crippen molar-refractivity contribution in [2.75, 3.05) is 11.9 Å². The summed E-state index contributed by atoms with van der Waals surface area (Å²) >= 11 is 2.96. The van der Waals surface area contributed by atoms with Gasteiger partial charge in [0.1, 0.15) is 0 Å². The molecule has 7 heteroatoms. The summed E-state index contributed by atoms with van der Waals surface area (Å²) in [5.41, 5.74) is -0.789. The van der Waals surface area contributed by atoms with Gasteiger partial charge in [-0.25, -0.2) is 4.79 Å². The van der Waals surface area contributed by atoms with E-state index in [-0.39, 0.29) is 22.3 Å². The maximum absolute atomic E-state index is 12.5. The number of halogens is 4. The van der Waals surface area contributed by atoms with E-state index in [0.29, 0.717) is 0 Å². The van der Waals surface area contributed by atoms with Gasteiger partial charge in [0.2, 0.25) is 0 Å². The van der Waals surface area contributed by atoms with Crippen LogP contribution < -0.4 is 5.32 Å². The number of carboxylic acid groups (broad SMARTS) is 1. The number of aliphatic carboxylic acids is 1. The quantitative estimate of drug-likeness (QED) is 0.833. The van der Waals surface area contributed by atoms with Crippen molar-refractivity contribution in [3.8, 4) is 0 Å². The first-order chi connectivity index (χ1) is 8.20. The number of hydrogen-bond donors (Lipinski definition) is 2. The van der Waals surface area contributed by atoms with E-state index in [2.05, 4.69) is 27.8 Å². The molecule has 0 radical (unpaired) electrons. The molecule has 18 heavy (non-hydrogen) atoms. The zero-order valence-electron chi connectivity index (χ0n) is 9.01. The second-order valence-electron chi connectivity index (χ2n) is 3.49. The highest BCUT2D eigenvalue weighted by atomic mass is 79.9. The van der Waals surface area contributed by atoms with Gasteiger partial charge in [-0.05, 0) is 18.2 Å². The number of alkyl halides is 3. The topological polar surface area (TPSA) is 49.3 Å². The molecule has 0 aliphatic carbocycles. The largest absolute Gasteiger partial charge is 0.478 e. The first-order valence-electron chi connectivity index (χ1n) is 4.73. The van der Waals surface area contributed by atoms with E-state index >= 15 is 0 Å². The molecule has 3 nitrogen and oxygen atoms in total. The Balaban J connectivity index is 2.87. The van der Waals surface area contributed by atoms with Gasteiger partial charge >= 0.3 is 12.1 Å². The predicted octanol–water partition coefficient (Wildman–Crippen LogP) is 3.52. The molecule has 0 amide bonds. The third-order valence-corrected chi connectivity index (χ3v) is 2.49. The second kappa shape index (κ2) is 5.43. The van der Waals surface area contributed by atoms with Crippen molar-refractivity contribution >= 4 is 27.6 Å². The lowest BCUT2D eigenvalue weighted by atomic mass is 10.2. The molecule has 0 saturated heterocycles.